The Hall–Kier alpha value is -1.99. The summed E-state index contributed by atoms with van der Waals surface area (Å²) < 4.78 is 20.4. The quantitative estimate of drug-likeness (QED) is 0.739. The van der Waals surface area contributed by atoms with Crippen molar-refractivity contribution in [1.82, 2.24) is 9.55 Å². The van der Waals surface area contributed by atoms with E-state index in [1.54, 1.807) is 11.4 Å². The van der Waals surface area contributed by atoms with Crippen molar-refractivity contribution in [1.29, 1.82) is 0 Å². The molecule has 0 atom stereocenters. The standard InChI is InChI=1S/C13H9FN2O2S2/c1-18-7-2-3-9(14)10(6-7)16-12(17)8-4-5-20-11(8)15-13(16)19/h2-6H,1H3,(H,15,19). The van der Waals surface area contributed by atoms with Crippen molar-refractivity contribution >= 4 is 33.8 Å². The number of hydrogen-bond acceptors (Lipinski definition) is 4. The number of H-pyrrole nitrogens is 1. The van der Waals surface area contributed by atoms with Gasteiger partial charge in [-0.2, -0.15) is 0 Å². The van der Waals surface area contributed by atoms with Gasteiger partial charge in [-0.3, -0.25) is 4.79 Å². The molecule has 0 unspecified atom stereocenters. The third-order valence-electron chi connectivity index (χ3n) is 2.92. The SMILES string of the molecule is COc1ccc(F)c(-n2c(=S)[nH]c3sccc3c2=O)c1. The van der Waals surface area contributed by atoms with E-state index in [9.17, 15) is 9.18 Å². The molecular weight excluding hydrogens is 299 g/mol. The minimum absolute atomic E-state index is 0.0729. The maximum atomic E-state index is 14.0. The van der Waals surface area contributed by atoms with Crippen molar-refractivity contribution in [3.8, 4) is 11.4 Å². The van der Waals surface area contributed by atoms with E-state index in [1.807, 2.05) is 0 Å². The Labute approximate surface area is 122 Å². The molecule has 2 aromatic heterocycles. The van der Waals surface area contributed by atoms with E-state index in [-0.39, 0.29) is 16.0 Å². The Morgan fingerprint density at radius 1 is 1.40 bits per heavy atom. The van der Waals surface area contributed by atoms with Crippen LogP contribution < -0.4 is 10.3 Å². The van der Waals surface area contributed by atoms with Crippen LogP contribution in [0.2, 0.25) is 0 Å². The number of fused-ring (bicyclic) bond motifs is 1. The largest absolute Gasteiger partial charge is 0.497 e. The maximum absolute atomic E-state index is 14.0. The second kappa shape index (κ2) is 4.84. The number of rotatable bonds is 2. The summed E-state index contributed by atoms with van der Waals surface area (Å²) in [5.41, 5.74) is -0.277. The molecule has 20 heavy (non-hydrogen) atoms. The van der Waals surface area contributed by atoms with Gasteiger partial charge in [0.25, 0.3) is 5.56 Å². The van der Waals surface area contributed by atoms with Gasteiger partial charge in [0, 0.05) is 6.07 Å². The first-order chi connectivity index (χ1) is 9.61. The van der Waals surface area contributed by atoms with E-state index in [1.165, 1.54) is 36.6 Å². The van der Waals surface area contributed by atoms with Crippen LogP contribution in [-0.2, 0) is 0 Å². The van der Waals surface area contributed by atoms with Gasteiger partial charge in [0.05, 0.1) is 18.2 Å². The van der Waals surface area contributed by atoms with Gasteiger partial charge >= 0.3 is 0 Å². The highest BCUT2D eigenvalue weighted by molar-refractivity contribution is 7.71. The summed E-state index contributed by atoms with van der Waals surface area (Å²) in [4.78, 5) is 16.0. The zero-order valence-electron chi connectivity index (χ0n) is 10.3. The molecule has 0 saturated heterocycles. The third kappa shape index (κ3) is 1.95. The van der Waals surface area contributed by atoms with Gasteiger partial charge in [0.15, 0.2) is 4.77 Å². The average Bonchev–Trinajstić information content (AvgIpc) is 2.89. The number of nitrogens with zero attached hydrogens (tertiary/aromatic N) is 1. The number of hydrogen-bond donors (Lipinski definition) is 1. The zero-order valence-corrected chi connectivity index (χ0v) is 12.0. The van der Waals surface area contributed by atoms with Crippen LogP contribution in [0.5, 0.6) is 5.75 Å². The summed E-state index contributed by atoms with van der Waals surface area (Å²) >= 11 is 6.54. The molecule has 0 aliphatic carbocycles. The summed E-state index contributed by atoms with van der Waals surface area (Å²) in [5, 5.41) is 2.26. The molecule has 0 amide bonds. The number of halogens is 1. The predicted octanol–water partition coefficient (Wildman–Crippen LogP) is 3.26. The number of benzene rings is 1. The molecule has 3 aromatic rings. The number of thiophene rings is 1. The van der Waals surface area contributed by atoms with Gasteiger partial charge in [-0.05, 0) is 35.8 Å². The molecule has 3 rings (SSSR count). The lowest BCUT2D eigenvalue weighted by atomic mass is 10.2. The van der Waals surface area contributed by atoms with Gasteiger partial charge in [-0.15, -0.1) is 11.3 Å². The molecule has 102 valence electrons. The van der Waals surface area contributed by atoms with E-state index in [2.05, 4.69) is 4.98 Å². The third-order valence-corrected chi connectivity index (χ3v) is 4.03. The predicted molar refractivity (Wildman–Crippen MR) is 79.1 cm³/mol. The zero-order chi connectivity index (χ0) is 14.3. The molecule has 4 nitrogen and oxygen atoms in total. The highest BCUT2D eigenvalue weighted by Crippen LogP contribution is 2.21. The number of nitrogens with one attached hydrogen (secondary N) is 1. The Morgan fingerprint density at radius 3 is 2.95 bits per heavy atom. The fraction of sp³-hybridized carbons (Fsp3) is 0.0769. The molecule has 0 saturated carbocycles. The molecule has 0 radical (unpaired) electrons. The van der Waals surface area contributed by atoms with Crippen molar-refractivity contribution < 1.29 is 9.13 Å². The van der Waals surface area contributed by atoms with Crippen LogP contribution in [0.3, 0.4) is 0 Å². The smallest absolute Gasteiger partial charge is 0.267 e. The molecule has 0 aliphatic rings. The topological polar surface area (TPSA) is 47.0 Å². The highest BCUT2D eigenvalue weighted by Gasteiger charge is 2.13. The Balaban J connectivity index is 2.40. The lowest BCUT2D eigenvalue weighted by Gasteiger charge is -2.09. The first-order valence-corrected chi connectivity index (χ1v) is 6.97. The number of ether oxygens (including phenoxy) is 1. The fourth-order valence-electron chi connectivity index (χ4n) is 1.95. The summed E-state index contributed by atoms with van der Waals surface area (Å²) in [5.74, 6) is -0.0879. The molecule has 1 aromatic carbocycles. The first kappa shape index (κ1) is 13.0. The van der Waals surface area contributed by atoms with E-state index in [4.69, 9.17) is 17.0 Å². The molecule has 0 fully saturated rings. The monoisotopic (exact) mass is 308 g/mol. The van der Waals surface area contributed by atoms with Gasteiger partial charge in [0.1, 0.15) is 16.4 Å². The fourth-order valence-corrected chi connectivity index (χ4v) is 3.08. The maximum Gasteiger partial charge on any atom is 0.267 e. The first-order valence-electron chi connectivity index (χ1n) is 5.68. The molecule has 0 aliphatic heterocycles. The van der Waals surface area contributed by atoms with E-state index in [0.29, 0.717) is 16.0 Å². The van der Waals surface area contributed by atoms with Crippen molar-refractivity contribution in [3.63, 3.8) is 0 Å². The lowest BCUT2D eigenvalue weighted by molar-refractivity contribution is 0.413. The molecular formula is C13H9FN2O2S2. The van der Waals surface area contributed by atoms with Crippen LogP contribution >= 0.6 is 23.6 Å². The number of aromatic amines is 1. The van der Waals surface area contributed by atoms with Crippen LogP contribution in [0.25, 0.3) is 15.9 Å². The normalized spacial score (nSPS) is 10.9. The molecule has 1 N–H and O–H groups in total. The summed E-state index contributed by atoms with van der Waals surface area (Å²) in [6.45, 7) is 0. The van der Waals surface area contributed by atoms with Crippen molar-refractivity contribution in [3.05, 3.63) is 50.6 Å². The average molecular weight is 308 g/mol. The molecule has 0 spiro atoms. The van der Waals surface area contributed by atoms with Gasteiger partial charge in [0.2, 0.25) is 0 Å². The Kier molecular flexibility index (Phi) is 3.15. The van der Waals surface area contributed by atoms with Gasteiger partial charge < -0.3 is 9.72 Å². The van der Waals surface area contributed by atoms with Crippen LogP contribution in [0.1, 0.15) is 0 Å². The van der Waals surface area contributed by atoms with Crippen LogP contribution in [0, 0.1) is 10.6 Å². The van der Waals surface area contributed by atoms with E-state index >= 15 is 0 Å². The van der Waals surface area contributed by atoms with Crippen LogP contribution in [0.15, 0.2) is 34.4 Å². The molecule has 2 heterocycles. The van der Waals surface area contributed by atoms with Gasteiger partial charge in [-0.25, -0.2) is 8.96 Å². The van der Waals surface area contributed by atoms with Crippen molar-refractivity contribution in [2.75, 3.05) is 7.11 Å². The molecule has 0 bridgehead atoms. The second-order valence-electron chi connectivity index (χ2n) is 4.05. The highest BCUT2D eigenvalue weighted by atomic mass is 32.1. The van der Waals surface area contributed by atoms with Gasteiger partial charge in [-0.1, -0.05) is 0 Å². The van der Waals surface area contributed by atoms with Crippen LogP contribution in [-0.4, -0.2) is 16.7 Å². The minimum atomic E-state index is -0.540. The van der Waals surface area contributed by atoms with Crippen molar-refractivity contribution in [2.45, 2.75) is 0 Å². The summed E-state index contributed by atoms with van der Waals surface area (Å²) in [6, 6.07) is 5.85. The van der Waals surface area contributed by atoms with Crippen LogP contribution in [0.4, 0.5) is 4.39 Å². The summed E-state index contributed by atoms with van der Waals surface area (Å²) in [6.07, 6.45) is 0. The Bertz CT molecular complexity index is 911. The second-order valence-corrected chi connectivity index (χ2v) is 5.35. The number of methoxy groups -OCH3 is 1. The van der Waals surface area contributed by atoms with E-state index < -0.39 is 5.82 Å². The van der Waals surface area contributed by atoms with E-state index in [0.717, 1.165) is 4.57 Å². The van der Waals surface area contributed by atoms with Crippen molar-refractivity contribution in [2.24, 2.45) is 0 Å². The minimum Gasteiger partial charge on any atom is -0.497 e. The summed E-state index contributed by atoms with van der Waals surface area (Å²) in [7, 11) is 1.47. The number of aromatic nitrogens is 2. The Morgan fingerprint density at radius 2 is 2.20 bits per heavy atom. The molecule has 7 heteroatoms. The lowest BCUT2D eigenvalue weighted by Crippen LogP contribution is -2.20.